The Labute approximate surface area is 155 Å². The fourth-order valence-electron chi connectivity index (χ4n) is 1.77. The summed E-state index contributed by atoms with van der Waals surface area (Å²) in [6, 6.07) is 8.72. The van der Waals surface area contributed by atoms with Crippen LogP contribution in [0.2, 0.25) is 10.0 Å². The second-order valence-corrected chi connectivity index (χ2v) is 5.46. The van der Waals surface area contributed by atoms with Gasteiger partial charge in [-0.15, -0.1) is 0 Å². The molecule has 3 rings (SSSR count). The average molecular weight is 376 g/mol. The van der Waals surface area contributed by atoms with Crippen LogP contribution in [-0.4, -0.2) is 28.3 Å². The summed E-state index contributed by atoms with van der Waals surface area (Å²) in [5.74, 6) is 1.42. The minimum absolute atomic E-state index is 0.353. The highest BCUT2D eigenvalue weighted by Gasteiger charge is 2.01. The van der Waals surface area contributed by atoms with Gasteiger partial charge >= 0.3 is 0 Å². The molecule has 128 valence electrons. The first kappa shape index (κ1) is 18.6. The molecule has 0 spiro atoms. The molecule has 2 heterocycles. The molecule has 8 heteroatoms. The lowest BCUT2D eigenvalue weighted by Crippen LogP contribution is -1.97. The summed E-state index contributed by atoms with van der Waals surface area (Å²) in [7, 11) is 1.86. The van der Waals surface area contributed by atoms with E-state index in [1.807, 2.05) is 19.2 Å². The van der Waals surface area contributed by atoms with Crippen LogP contribution in [0, 0.1) is 0 Å². The molecule has 0 aliphatic rings. The molecule has 0 saturated carbocycles. The van der Waals surface area contributed by atoms with E-state index in [0.717, 1.165) is 11.5 Å². The van der Waals surface area contributed by atoms with Gasteiger partial charge in [0.15, 0.2) is 6.29 Å². The van der Waals surface area contributed by atoms with Gasteiger partial charge in [-0.05, 0) is 18.2 Å². The number of benzene rings is 1. The van der Waals surface area contributed by atoms with Crippen molar-refractivity contribution in [3.63, 3.8) is 0 Å². The van der Waals surface area contributed by atoms with Crippen molar-refractivity contribution in [2.24, 2.45) is 0 Å². The lowest BCUT2D eigenvalue weighted by Gasteiger charge is -2.05. The van der Waals surface area contributed by atoms with Gasteiger partial charge < -0.3 is 10.6 Å². The van der Waals surface area contributed by atoms with E-state index in [0.29, 0.717) is 27.7 Å². The van der Waals surface area contributed by atoms with Crippen LogP contribution in [0.15, 0.2) is 55.1 Å². The van der Waals surface area contributed by atoms with Crippen LogP contribution in [0.3, 0.4) is 0 Å². The monoisotopic (exact) mass is 375 g/mol. The molecule has 0 amide bonds. The van der Waals surface area contributed by atoms with E-state index in [9.17, 15) is 4.79 Å². The van der Waals surface area contributed by atoms with Crippen molar-refractivity contribution in [3.8, 4) is 0 Å². The maximum Gasteiger partial charge on any atom is 0.153 e. The predicted molar refractivity (Wildman–Crippen MR) is 101 cm³/mol. The number of anilines is 3. The van der Waals surface area contributed by atoms with Crippen LogP contribution in [-0.2, 0) is 0 Å². The van der Waals surface area contributed by atoms with Crippen LogP contribution >= 0.6 is 23.2 Å². The van der Waals surface area contributed by atoms with E-state index in [1.165, 1.54) is 0 Å². The number of halogens is 2. The van der Waals surface area contributed by atoms with E-state index >= 15 is 0 Å². The van der Waals surface area contributed by atoms with E-state index < -0.39 is 0 Å². The molecule has 0 atom stereocenters. The van der Waals surface area contributed by atoms with Crippen molar-refractivity contribution >= 4 is 46.8 Å². The third kappa shape index (κ3) is 5.70. The predicted octanol–water partition coefficient (Wildman–Crippen LogP) is 4.46. The number of aromatic nitrogens is 3. The first-order chi connectivity index (χ1) is 12.1. The summed E-state index contributed by atoms with van der Waals surface area (Å²) >= 11 is 11.2. The Hall–Kier alpha value is -2.70. The zero-order valence-electron chi connectivity index (χ0n) is 13.3. The molecule has 2 N–H and O–H groups in total. The highest BCUT2D eigenvalue weighted by atomic mass is 35.5. The highest BCUT2D eigenvalue weighted by molar-refractivity contribution is 6.38. The number of aldehydes is 1. The number of nitrogens with zero attached hydrogens (tertiary/aromatic N) is 3. The number of carbonyl (C=O) groups excluding carboxylic acids is 1. The van der Waals surface area contributed by atoms with Gasteiger partial charge in [0.05, 0.1) is 21.8 Å². The molecule has 0 saturated heterocycles. The minimum atomic E-state index is 0.353. The highest BCUT2D eigenvalue weighted by Crippen LogP contribution is 2.21. The fourth-order valence-corrected chi connectivity index (χ4v) is 2.26. The van der Waals surface area contributed by atoms with Gasteiger partial charge in [0.2, 0.25) is 0 Å². The Morgan fingerprint density at radius 2 is 1.72 bits per heavy atom. The molecular formula is C17H15Cl2N5O. The summed E-state index contributed by atoms with van der Waals surface area (Å²) in [6.45, 7) is 0. The molecule has 25 heavy (non-hydrogen) atoms. The first-order valence-electron chi connectivity index (χ1n) is 7.20. The van der Waals surface area contributed by atoms with E-state index in [-0.39, 0.29) is 0 Å². The number of nitrogens with one attached hydrogen (secondary N) is 2. The molecule has 0 fully saturated rings. The fraction of sp³-hybridized carbons (Fsp3) is 0.0588. The molecule has 0 radical (unpaired) electrons. The number of rotatable bonds is 4. The van der Waals surface area contributed by atoms with Gasteiger partial charge in [-0.3, -0.25) is 9.78 Å². The van der Waals surface area contributed by atoms with E-state index in [4.69, 9.17) is 23.2 Å². The van der Waals surface area contributed by atoms with Crippen molar-refractivity contribution in [3.05, 3.63) is 70.7 Å². The maximum atomic E-state index is 10.3. The summed E-state index contributed by atoms with van der Waals surface area (Å²) in [4.78, 5) is 22.5. The zero-order valence-corrected chi connectivity index (χ0v) is 14.8. The normalized spacial score (nSPS) is 9.56. The maximum absolute atomic E-state index is 10.3. The Morgan fingerprint density at radius 3 is 2.28 bits per heavy atom. The lowest BCUT2D eigenvalue weighted by atomic mass is 10.2. The first-order valence-corrected chi connectivity index (χ1v) is 7.95. The van der Waals surface area contributed by atoms with Gasteiger partial charge in [-0.1, -0.05) is 29.3 Å². The van der Waals surface area contributed by atoms with Crippen LogP contribution in [0.1, 0.15) is 10.4 Å². The number of pyridine rings is 1. The van der Waals surface area contributed by atoms with Crippen molar-refractivity contribution < 1.29 is 4.79 Å². The molecule has 0 unspecified atom stereocenters. The zero-order chi connectivity index (χ0) is 18.1. The second-order valence-electron chi connectivity index (χ2n) is 4.65. The number of hydrogen-bond acceptors (Lipinski definition) is 6. The Kier molecular flexibility index (Phi) is 7.13. The van der Waals surface area contributed by atoms with Crippen LogP contribution in [0.5, 0.6) is 0 Å². The SMILES string of the molecule is CNc1ccnc(Nc2cnccn2)c1.O=Cc1c(Cl)cccc1Cl. The van der Waals surface area contributed by atoms with Gasteiger partial charge in [-0.25, -0.2) is 9.97 Å². The van der Waals surface area contributed by atoms with Crippen LogP contribution in [0.25, 0.3) is 0 Å². The van der Waals surface area contributed by atoms with E-state index in [1.54, 1.807) is 43.0 Å². The average Bonchev–Trinajstić information content (AvgIpc) is 2.63. The summed E-state index contributed by atoms with van der Waals surface area (Å²) < 4.78 is 0. The minimum Gasteiger partial charge on any atom is -0.388 e. The van der Waals surface area contributed by atoms with Crippen molar-refractivity contribution in [1.29, 1.82) is 0 Å². The Balaban J connectivity index is 0.000000196. The molecule has 1 aromatic carbocycles. The summed E-state index contributed by atoms with van der Waals surface area (Å²) in [6.07, 6.45) is 7.27. The standard InChI is InChI=1S/C10H11N5.C7H4Cl2O/c1-11-8-2-3-13-9(6-8)15-10-7-12-4-5-14-10;8-6-2-1-3-7(9)5(6)4-10/h2-7H,1H3,(H2,11,13,14,15);1-4H. The van der Waals surface area contributed by atoms with Gasteiger partial charge in [-0.2, -0.15) is 0 Å². The van der Waals surface area contributed by atoms with Crippen molar-refractivity contribution in [2.45, 2.75) is 0 Å². The molecule has 6 nitrogen and oxygen atoms in total. The Morgan fingerprint density at radius 1 is 1.00 bits per heavy atom. The van der Waals surface area contributed by atoms with Gasteiger partial charge in [0.1, 0.15) is 11.6 Å². The smallest absolute Gasteiger partial charge is 0.153 e. The topological polar surface area (TPSA) is 79.8 Å². The third-order valence-corrected chi connectivity index (χ3v) is 3.64. The second kappa shape index (κ2) is 9.56. The molecule has 3 aromatic rings. The summed E-state index contributed by atoms with van der Waals surface area (Å²) in [5, 5.41) is 6.87. The van der Waals surface area contributed by atoms with Crippen LogP contribution < -0.4 is 10.6 Å². The molecule has 0 aliphatic carbocycles. The lowest BCUT2D eigenvalue weighted by molar-refractivity contribution is 0.112. The van der Waals surface area contributed by atoms with Crippen molar-refractivity contribution in [1.82, 2.24) is 15.0 Å². The third-order valence-electron chi connectivity index (χ3n) is 2.99. The summed E-state index contributed by atoms with van der Waals surface area (Å²) in [5.41, 5.74) is 1.35. The van der Waals surface area contributed by atoms with E-state index in [2.05, 4.69) is 25.6 Å². The van der Waals surface area contributed by atoms with Gasteiger partial charge in [0.25, 0.3) is 0 Å². The molecule has 2 aromatic heterocycles. The van der Waals surface area contributed by atoms with Crippen molar-refractivity contribution in [2.75, 3.05) is 17.7 Å². The largest absolute Gasteiger partial charge is 0.388 e. The number of carbonyl (C=O) groups is 1. The number of hydrogen-bond donors (Lipinski definition) is 2. The van der Waals surface area contributed by atoms with Crippen LogP contribution in [0.4, 0.5) is 17.3 Å². The quantitative estimate of drug-likeness (QED) is 0.655. The molecular weight excluding hydrogens is 361 g/mol. The van der Waals surface area contributed by atoms with Gasteiger partial charge in [0, 0.05) is 37.4 Å². The molecule has 0 aliphatic heterocycles. The Bertz CT molecular complexity index is 810. The molecule has 0 bridgehead atoms.